The van der Waals surface area contributed by atoms with Crippen molar-refractivity contribution >= 4 is 11.5 Å². The highest BCUT2D eigenvalue weighted by Crippen LogP contribution is 2.38. The van der Waals surface area contributed by atoms with Crippen molar-refractivity contribution in [2.24, 2.45) is 0 Å². The van der Waals surface area contributed by atoms with E-state index in [1.54, 1.807) is 7.11 Å². The molecule has 2 aliphatic rings. The van der Waals surface area contributed by atoms with Gasteiger partial charge in [0.15, 0.2) is 0 Å². The number of hydrogen-bond acceptors (Lipinski definition) is 8. The molecule has 1 aliphatic heterocycles. The molecule has 2 fully saturated rings. The second kappa shape index (κ2) is 11.3. The van der Waals surface area contributed by atoms with Crippen molar-refractivity contribution in [3.8, 4) is 11.1 Å². The van der Waals surface area contributed by atoms with Crippen molar-refractivity contribution in [2.45, 2.75) is 70.1 Å². The van der Waals surface area contributed by atoms with Gasteiger partial charge in [-0.3, -0.25) is 9.58 Å². The zero-order valence-corrected chi connectivity index (χ0v) is 23.6. The SMILES string of the molecule is COC[C@H](C)Nc1ncc2c(-c3cnn(C(C)(C)CN4CCN(C)CC4)c3)cc([C@H]3CC[C@H](O)CC3)n2n1. The number of aromatic nitrogens is 5. The van der Waals surface area contributed by atoms with E-state index < -0.39 is 0 Å². The standard InChI is InChI=1S/C28H44N8O2/c1-20(18-38-5)31-27-29-16-26-24(14-25(36(26)32-27)21-6-8-23(37)9-7-21)22-15-30-35(17-22)28(2,3)19-34-12-10-33(4)11-13-34/h14-17,20-21,23,37H,6-13,18-19H2,1-5H3,(H,31,32)/t20-,21-,23-/m0/s1. The third kappa shape index (κ3) is 5.88. The second-order valence-corrected chi connectivity index (χ2v) is 11.9. The third-order valence-corrected chi connectivity index (χ3v) is 8.17. The summed E-state index contributed by atoms with van der Waals surface area (Å²) in [6, 6.07) is 2.37. The van der Waals surface area contributed by atoms with Crippen LogP contribution in [-0.2, 0) is 10.3 Å². The monoisotopic (exact) mass is 524 g/mol. The van der Waals surface area contributed by atoms with Crippen LogP contribution in [0.5, 0.6) is 0 Å². The molecule has 10 nitrogen and oxygen atoms in total. The van der Waals surface area contributed by atoms with Crippen LogP contribution in [0.25, 0.3) is 16.6 Å². The number of ether oxygens (including phenoxy) is 1. The Hall–Kier alpha value is -2.53. The third-order valence-electron chi connectivity index (χ3n) is 8.17. The lowest BCUT2D eigenvalue weighted by molar-refractivity contribution is 0.108. The van der Waals surface area contributed by atoms with Gasteiger partial charge >= 0.3 is 0 Å². The molecule has 0 unspecified atom stereocenters. The Bertz CT molecular complexity index is 1200. The van der Waals surface area contributed by atoms with Crippen LogP contribution in [0.15, 0.2) is 24.7 Å². The van der Waals surface area contributed by atoms with Crippen LogP contribution in [-0.4, -0.2) is 105 Å². The average Bonchev–Trinajstić information content (AvgIpc) is 3.52. The summed E-state index contributed by atoms with van der Waals surface area (Å²) < 4.78 is 9.44. The lowest BCUT2D eigenvalue weighted by Gasteiger charge is -2.37. The molecule has 3 aromatic rings. The lowest BCUT2D eigenvalue weighted by atomic mass is 9.85. The van der Waals surface area contributed by atoms with Crippen molar-refractivity contribution in [3.05, 3.63) is 30.4 Å². The Kier molecular flexibility index (Phi) is 8.04. The molecule has 5 rings (SSSR count). The quantitative estimate of drug-likeness (QED) is 0.441. The van der Waals surface area contributed by atoms with Crippen molar-refractivity contribution < 1.29 is 9.84 Å². The fourth-order valence-corrected chi connectivity index (χ4v) is 5.91. The molecule has 1 saturated heterocycles. The van der Waals surface area contributed by atoms with E-state index in [4.69, 9.17) is 14.9 Å². The second-order valence-electron chi connectivity index (χ2n) is 11.9. The zero-order valence-electron chi connectivity index (χ0n) is 23.6. The highest BCUT2D eigenvalue weighted by Gasteiger charge is 2.29. The Morgan fingerprint density at radius 2 is 1.87 bits per heavy atom. The Labute approximate surface area is 226 Å². The van der Waals surface area contributed by atoms with Gasteiger partial charge < -0.3 is 20.1 Å². The molecule has 4 heterocycles. The number of likely N-dealkylation sites (N-methyl/N-ethyl adjacent to an activating group) is 1. The predicted octanol–water partition coefficient (Wildman–Crippen LogP) is 3.04. The molecule has 208 valence electrons. The van der Waals surface area contributed by atoms with Gasteiger partial charge in [0.05, 0.1) is 36.2 Å². The topological polar surface area (TPSA) is 96.0 Å². The first-order chi connectivity index (χ1) is 18.2. The zero-order chi connectivity index (χ0) is 26.9. The van der Waals surface area contributed by atoms with Crippen LogP contribution in [0.1, 0.15) is 58.1 Å². The number of rotatable bonds is 9. The van der Waals surface area contributed by atoms with Gasteiger partial charge in [0.25, 0.3) is 0 Å². The molecule has 0 radical (unpaired) electrons. The van der Waals surface area contributed by atoms with Gasteiger partial charge in [-0.05, 0) is 59.6 Å². The summed E-state index contributed by atoms with van der Waals surface area (Å²) in [6.45, 7) is 12.5. The highest BCUT2D eigenvalue weighted by atomic mass is 16.5. The normalized spacial score (nSPS) is 22.7. The number of aliphatic hydroxyl groups is 1. The molecule has 3 aromatic heterocycles. The molecule has 38 heavy (non-hydrogen) atoms. The van der Waals surface area contributed by atoms with E-state index in [-0.39, 0.29) is 17.7 Å². The van der Waals surface area contributed by atoms with E-state index in [0.717, 1.165) is 75.1 Å². The van der Waals surface area contributed by atoms with Gasteiger partial charge in [-0.2, -0.15) is 5.10 Å². The highest BCUT2D eigenvalue weighted by molar-refractivity contribution is 5.81. The van der Waals surface area contributed by atoms with Crippen molar-refractivity contribution in [3.63, 3.8) is 0 Å². The molecule has 0 spiro atoms. The summed E-state index contributed by atoms with van der Waals surface area (Å²) in [5.41, 5.74) is 4.21. The summed E-state index contributed by atoms with van der Waals surface area (Å²) in [7, 11) is 3.89. The lowest BCUT2D eigenvalue weighted by Crippen LogP contribution is -2.50. The van der Waals surface area contributed by atoms with Gasteiger partial charge in [-0.1, -0.05) is 0 Å². The Balaban J connectivity index is 1.45. The number of anilines is 1. The molecule has 1 aliphatic carbocycles. The van der Waals surface area contributed by atoms with Gasteiger partial charge in [0, 0.05) is 74.8 Å². The number of aliphatic hydroxyl groups excluding tert-OH is 1. The minimum absolute atomic E-state index is 0.0986. The molecule has 10 heteroatoms. The Morgan fingerprint density at radius 1 is 1.13 bits per heavy atom. The van der Waals surface area contributed by atoms with Gasteiger partial charge in [0.2, 0.25) is 5.95 Å². The maximum Gasteiger partial charge on any atom is 0.241 e. The summed E-state index contributed by atoms with van der Waals surface area (Å²) in [5.74, 6) is 0.938. The van der Waals surface area contributed by atoms with Crippen LogP contribution in [0.2, 0.25) is 0 Å². The van der Waals surface area contributed by atoms with Crippen LogP contribution in [0, 0.1) is 0 Å². The van der Waals surface area contributed by atoms with Gasteiger partial charge in [-0.15, -0.1) is 5.10 Å². The van der Waals surface area contributed by atoms with E-state index in [2.05, 4.69) is 69.4 Å². The number of hydrogen-bond donors (Lipinski definition) is 2. The molecule has 2 N–H and O–H groups in total. The first-order valence-electron chi connectivity index (χ1n) is 14.0. The number of piperazine rings is 1. The van der Waals surface area contributed by atoms with E-state index in [0.29, 0.717) is 18.5 Å². The van der Waals surface area contributed by atoms with Crippen LogP contribution < -0.4 is 5.32 Å². The number of nitrogens with zero attached hydrogens (tertiary/aromatic N) is 7. The molecule has 0 amide bonds. The molecule has 0 aromatic carbocycles. The van der Waals surface area contributed by atoms with Crippen LogP contribution in [0.4, 0.5) is 5.95 Å². The van der Waals surface area contributed by atoms with Crippen LogP contribution in [0.3, 0.4) is 0 Å². The fraction of sp³-hybridized carbons (Fsp3) is 0.679. The van der Waals surface area contributed by atoms with Crippen molar-refractivity contribution in [2.75, 3.05) is 58.8 Å². The van der Waals surface area contributed by atoms with E-state index in [1.165, 1.54) is 5.69 Å². The van der Waals surface area contributed by atoms with Gasteiger partial charge in [-0.25, -0.2) is 9.50 Å². The summed E-state index contributed by atoms with van der Waals surface area (Å²) in [5, 5.41) is 23.2. The maximum atomic E-state index is 10.1. The maximum absolute atomic E-state index is 10.1. The van der Waals surface area contributed by atoms with E-state index in [1.807, 2.05) is 12.4 Å². The first-order valence-corrected chi connectivity index (χ1v) is 14.0. The molecular weight excluding hydrogens is 480 g/mol. The van der Waals surface area contributed by atoms with Crippen molar-refractivity contribution in [1.82, 2.24) is 34.2 Å². The molecular formula is C28H44N8O2. The summed E-state index contributed by atoms with van der Waals surface area (Å²) in [4.78, 5) is 9.58. The van der Waals surface area contributed by atoms with E-state index in [9.17, 15) is 5.11 Å². The van der Waals surface area contributed by atoms with Crippen molar-refractivity contribution in [1.29, 1.82) is 0 Å². The minimum Gasteiger partial charge on any atom is -0.393 e. The average molecular weight is 525 g/mol. The molecule has 1 atom stereocenters. The van der Waals surface area contributed by atoms with E-state index >= 15 is 0 Å². The largest absolute Gasteiger partial charge is 0.393 e. The van der Waals surface area contributed by atoms with Gasteiger partial charge in [0.1, 0.15) is 0 Å². The minimum atomic E-state index is -0.195. The number of methoxy groups -OCH3 is 1. The fourth-order valence-electron chi connectivity index (χ4n) is 5.91. The summed E-state index contributed by atoms with van der Waals surface area (Å²) in [6.07, 6.45) is 9.43. The first kappa shape index (κ1) is 27.1. The Morgan fingerprint density at radius 3 is 2.58 bits per heavy atom. The summed E-state index contributed by atoms with van der Waals surface area (Å²) >= 11 is 0. The molecule has 1 saturated carbocycles. The van der Waals surface area contributed by atoms with Crippen LogP contribution >= 0.6 is 0 Å². The number of nitrogens with one attached hydrogen (secondary N) is 1. The number of fused-ring (bicyclic) bond motifs is 1. The predicted molar refractivity (Wildman–Crippen MR) is 150 cm³/mol. The molecule has 0 bridgehead atoms. The smallest absolute Gasteiger partial charge is 0.241 e.